The predicted molar refractivity (Wildman–Crippen MR) is 93.5 cm³/mol. The SMILES string of the molecule is O=C(CS(=O)(=O)C1CCCC1)Nc1ccc2sc(C(=O)O)cc2c1. The third-order valence-corrected chi connectivity index (χ3v) is 7.41. The molecule has 0 unspecified atom stereocenters. The first-order valence-corrected chi connectivity index (χ1v) is 10.2. The minimum absolute atomic E-state index is 0.220. The molecule has 1 aromatic heterocycles. The van der Waals surface area contributed by atoms with E-state index in [1.165, 1.54) is 6.07 Å². The Bertz CT molecular complexity index is 894. The lowest BCUT2D eigenvalue weighted by atomic mass is 10.2. The number of thiophene rings is 1. The second kappa shape index (κ2) is 6.52. The fourth-order valence-electron chi connectivity index (χ4n) is 2.97. The molecule has 2 N–H and O–H groups in total. The highest BCUT2D eigenvalue weighted by Gasteiger charge is 2.30. The first kappa shape index (κ1) is 16.9. The van der Waals surface area contributed by atoms with Crippen LogP contribution in [0.15, 0.2) is 24.3 Å². The van der Waals surface area contributed by atoms with Gasteiger partial charge in [-0.05, 0) is 42.5 Å². The van der Waals surface area contributed by atoms with E-state index in [9.17, 15) is 18.0 Å². The number of rotatable bonds is 5. The molecule has 128 valence electrons. The van der Waals surface area contributed by atoms with Gasteiger partial charge in [0.1, 0.15) is 10.6 Å². The van der Waals surface area contributed by atoms with Crippen molar-refractivity contribution in [3.63, 3.8) is 0 Å². The second-order valence-electron chi connectivity index (χ2n) is 5.93. The second-order valence-corrected chi connectivity index (χ2v) is 9.30. The summed E-state index contributed by atoms with van der Waals surface area (Å²) in [5.41, 5.74) is 0.462. The Morgan fingerprint density at radius 1 is 1.21 bits per heavy atom. The van der Waals surface area contributed by atoms with Crippen LogP contribution in [0.5, 0.6) is 0 Å². The van der Waals surface area contributed by atoms with Crippen LogP contribution in [-0.2, 0) is 14.6 Å². The third kappa shape index (κ3) is 3.59. The van der Waals surface area contributed by atoms with Gasteiger partial charge in [0.2, 0.25) is 5.91 Å². The van der Waals surface area contributed by atoms with Crippen LogP contribution in [0.4, 0.5) is 5.69 Å². The highest BCUT2D eigenvalue weighted by Crippen LogP contribution is 2.28. The number of carbonyl (C=O) groups is 2. The van der Waals surface area contributed by atoms with Crippen LogP contribution in [0.2, 0.25) is 0 Å². The first-order chi connectivity index (χ1) is 11.3. The van der Waals surface area contributed by atoms with E-state index in [2.05, 4.69) is 5.32 Å². The number of amides is 1. The van der Waals surface area contributed by atoms with Gasteiger partial charge in [-0.1, -0.05) is 12.8 Å². The standard InChI is InChI=1S/C16H17NO5S2/c18-15(9-24(21,22)12-3-1-2-4-12)17-11-5-6-13-10(7-11)8-14(23-13)16(19)20/h5-8,12H,1-4,9H2,(H,17,18)(H,19,20). The maximum Gasteiger partial charge on any atom is 0.345 e. The van der Waals surface area contributed by atoms with Gasteiger partial charge in [0.25, 0.3) is 0 Å². The van der Waals surface area contributed by atoms with E-state index in [4.69, 9.17) is 5.11 Å². The maximum atomic E-state index is 12.2. The molecule has 1 amide bonds. The van der Waals surface area contributed by atoms with Crippen molar-refractivity contribution in [3.8, 4) is 0 Å². The number of benzene rings is 1. The molecule has 0 aliphatic heterocycles. The van der Waals surface area contributed by atoms with E-state index in [1.54, 1.807) is 18.2 Å². The highest BCUT2D eigenvalue weighted by molar-refractivity contribution is 7.92. The molecule has 3 rings (SSSR count). The lowest BCUT2D eigenvalue weighted by Crippen LogP contribution is -2.29. The molecule has 1 aliphatic carbocycles. The molecule has 0 spiro atoms. The van der Waals surface area contributed by atoms with Gasteiger partial charge in [-0.2, -0.15) is 0 Å². The van der Waals surface area contributed by atoms with Crippen LogP contribution < -0.4 is 5.32 Å². The smallest absolute Gasteiger partial charge is 0.345 e. The Morgan fingerprint density at radius 3 is 2.58 bits per heavy atom. The molecule has 0 bridgehead atoms. The van der Waals surface area contributed by atoms with Crippen molar-refractivity contribution in [2.45, 2.75) is 30.9 Å². The highest BCUT2D eigenvalue weighted by atomic mass is 32.2. The van der Waals surface area contributed by atoms with E-state index in [0.29, 0.717) is 23.9 Å². The van der Waals surface area contributed by atoms with Gasteiger partial charge >= 0.3 is 5.97 Å². The number of nitrogens with one attached hydrogen (secondary N) is 1. The molecule has 1 fully saturated rings. The van der Waals surface area contributed by atoms with E-state index >= 15 is 0 Å². The quantitative estimate of drug-likeness (QED) is 0.846. The van der Waals surface area contributed by atoms with Crippen LogP contribution in [0, 0.1) is 0 Å². The number of sulfone groups is 1. The van der Waals surface area contributed by atoms with Crippen molar-refractivity contribution in [2.24, 2.45) is 0 Å². The van der Waals surface area contributed by atoms with Gasteiger partial charge in [-0.15, -0.1) is 11.3 Å². The number of carboxylic acid groups (broad SMARTS) is 1. The third-order valence-electron chi connectivity index (χ3n) is 4.15. The topological polar surface area (TPSA) is 101 Å². The summed E-state index contributed by atoms with van der Waals surface area (Å²) in [6.45, 7) is 0. The zero-order chi connectivity index (χ0) is 17.3. The number of carbonyl (C=O) groups excluding carboxylic acids is 1. The minimum Gasteiger partial charge on any atom is -0.477 e. The average molecular weight is 367 g/mol. The van der Waals surface area contributed by atoms with Crippen molar-refractivity contribution in [3.05, 3.63) is 29.1 Å². The summed E-state index contributed by atoms with van der Waals surface area (Å²) in [6, 6.07) is 6.55. The molecule has 6 nitrogen and oxygen atoms in total. The largest absolute Gasteiger partial charge is 0.477 e. The van der Waals surface area contributed by atoms with Gasteiger partial charge < -0.3 is 10.4 Å². The number of aromatic carboxylic acids is 1. The Balaban J connectivity index is 1.72. The number of hydrogen-bond acceptors (Lipinski definition) is 5. The summed E-state index contributed by atoms with van der Waals surface area (Å²) in [7, 11) is -3.42. The molecule has 1 heterocycles. The van der Waals surface area contributed by atoms with Crippen LogP contribution in [-0.4, -0.2) is 36.4 Å². The summed E-state index contributed by atoms with van der Waals surface area (Å²) < 4.78 is 25.2. The van der Waals surface area contributed by atoms with Gasteiger partial charge in [0.05, 0.1) is 5.25 Å². The van der Waals surface area contributed by atoms with Crippen molar-refractivity contribution < 1.29 is 23.1 Å². The summed E-state index contributed by atoms with van der Waals surface area (Å²) >= 11 is 1.15. The first-order valence-electron chi connectivity index (χ1n) is 7.63. The van der Waals surface area contributed by atoms with Gasteiger partial charge in [0, 0.05) is 10.4 Å². The van der Waals surface area contributed by atoms with Gasteiger partial charge in [-0.25, -0.2) is 13.2 Å². The molecule has 0 saturated heterocycles. The monoisotopic (exact) mass is 367 g/mol. The van der Waals surface area contributed by atoms with Gasteiger partial charge in [0.15, 0.2) is 9.84 Å². The Morgan fingerprint density at radius 2 is 1.92 bits per heavy atom. The van der Waals surface area contributed by atoms with Crippen molar-refractivity contribution in [2.75, 3.05) is 11.1 Å². The van der Waals surface area contributed by atoms with E-state index < -0.39 is 32.7 Å². The van der Waals surface area contributed by atoms with E-state index in [-0.39, 0.29) is 4.88 Å². The van der Waals surface area contributed by atoms with E-state index in [1.807, 2.05) is 0 Å². The summed E-state index contributed by atoms with van der Waals surface area (Å²) in [5, 5.41) is 11.9. The average Bonchev–Trinajstić information content (AvgIpc) is 3.16. The molecular formula is C16H17NO5S2. The number of fused-ring (bicyclic) bond motifs is 1. The summed E-state index contributed by atoms with van der Waals surface area (Å²) in [6.07, 6.45) is 3.06. The van der Waals surface area contributed by atoms with Crippen LogP contribution in [0.3, 0.4) is 0 Å². The molecule has 1 aromatic carbocycles. The molecule has 1 aliphatic rings. The van der Waals surface area contributed by atoms with Crippen molar-refractivity contribution in [1.29, 1.82) is 0 Å². The zero-order valence-electron chi connectivity index (χ0n) is 12.8. The van der Waals surface area contributed by atoms with Crippen LogP contribution >= 0.6 is 11.3 Å². The molecule has 24 heavy (non-hydrogen) atoms. The Kier molecular flexibility index (Phi) is 4.60. The summed E-state index contributed by atoms with van der Waals surface area (Å²) in [4.78, 5) is 23.3. The lowest BCUT2D eigenvalue weighted by molar-refractivity contribution is -0.113. The number of carboxylic acids is 1. The molecule has 2 aromatic rings. The van der Waals surface area contributed by atoms with Crippen LogP contribution in [0.1, 0.15) is 35.4 Å². The van der Waals surface area contributed by atoms with E-state index in [0.717, 1.165) is 28.9 Å². The lowest BCUT2D eigenvalue weighted by Gasteiger charge is -2.11. The fourth-order valence-corrected chi connectivity index (χ4v) is 5.58. The Labute approximate surface area is 143 Å². The molecule has 8 heteroatoms. The molecule has 0 radical (unpaired) electrons. The van der Waals surface area contributed by atoms with Crippen LogP contribution in [0.25, 0.3) is 10.1 Å². The maximum absolute atomic E-state index is 12.2. The molecule has 1 saturated carbocycles. The number of hydrogen-bond donors (Lipinski definition) is 2. The fraction of sp³-hybridized carbons (Fsp3) is 0.375. The minimum atomic E-state index is -3.42. The van der Waals surface area contributed by atoms with Gasteiger partial charge in [-0.3, -0.25) is 4.79 Å². The predicted octanol–water partition coefficient (Wildman–Crippen LogP) is 2.90. The molecule has 0 atom stereocenters. The van der Waals surface area contributed by atoms with Crippen molar-refractivity contribution in [1.82, 2.24) is 0 Å². The Hall–Kier alpha value is -1.93. The summed E-state index contributed by atoms with van der Waals surface area (Å²) in [5.74, 6) is -2.07. The van der Waals surface area contributed by atoms with Crippen molar-refractivity contribution >= 4 is 48.8 Å². The zero-order valence-corrected chi connectivity index (χ0v) is 14.5. The number of anilines is 1. The molecular weight excluding hydrogens is 350 g/mol. The normalized spacial score (nSPS) is 15.7.